The molecule has 2 atom stereocenters. The van der Waals surface area contributed by atoms with Crippen LogP contribution in [0.25, 0.3) is 11.0 Å². The van der Waals surface area contributed by atoms with Crippen molar-refractivity contribution in [2.24, 2.45) is 12.5 Å². The van der Waals surface area contributed by atoms with Gasteiger partial charge < -0.3 is 29.2 Å². The van der Waals surface area contributed by atoms with Crippen LogP contribution in [0.3, 0.4) is 0 Å². The summed E-state index contributed by atoms with van der Waals surface area (Å²) >= 11 is 0. The number of ether oxygens (including phenoxy) is 1. The highest BCUT2D eigenvalue weighted by molar-refractivity contribution is 5.94. The summed E-state index contributed by atoms with van der Waals surface area (Å²) in [4.78, 5) is 44.2. The maximum absolute atomic E-state index is 14.8. The summed E-state index contributed by atoms with van der Waals surface area (Å²) in [7, 11) is 6.16. The first-order valence-corrected chi connectivity index (χ1v) is 13.8. The molecule has 3 N–H and O–H groups in total. The number of likely N-dealkylation sites (N-methyl/N-ethyl adjacent to an activating group) is 1. The zero-order valence-electron chi connectivity index (χ0n) is 25.6. The predicted octanol–water partition coefficient (Wildman–Crippen LogP) is 2.89. The Morgan fingerprint density at radius 1 is 1.26 bits per heavy atom. The lowest BCUT2D eigenvalue weighted by Gasteiger charge is -2.20. The number of hydrogen-bond donors (Lipinski definition) is 3. The standard InChI is InChI=1S/C30H40F2N6O5/c1-30(2,3)16-18-25(32)19(31)15-22-26(18)35-23(37(22)6)17-38-14-10-12-21(28(38)41)33-27(40)20(34-29(42)43-7)11-8-9-13-24(39)36(4)5/h9-10,12-15,20,29,34,42H,8,11,16-17H2,1-7H3,(H,33,40)/b13-9+/t20-,29?/m0/s1. The third kappa shape index (κ3) is 8.55. The highest BCUT2D eigenvalue weighted by Gasteiger charge is 2.25. The second kappa shape index (κ2) is 14.0. The molecule has 0 saturated carbocycles. The maximum Gasteiger partial charge on any atom is 0.274 e. The van der Waals surface area contributed by atoms with E-state index in [1.54, 1.807) is 37.9 Å². The monoisotopic (exact) mass is 602 g/mol. The molecule has 11 nitrogen and oxygen atoms in total. The number of pyridine rings is 1. The van der Waals surface area contributed by atoms with Crippen LogP contribution in [-0.4, -0.2) is 69.6 Å². The SMILES string of the molecule is COC(O)N[C@@H](CC/C=C/C(=O)N(C)C)C(=O)Nc1cccn(Cc2nc3c(CC(C)(C)C)c(F)c(F)cc3n2C)c1=O. The summed E-state index contributed by atoms with van der Waals surface area (Å²) in [5.41, 5.74) is 0.0320. The number of nitrogens with zero attached hydrogens (tertiary/aromatic N) is 4. The molecule has 0 radical (unpaired) electrons. The fourth-order valence-electron chi connectivity index (χ4n) is 4.47. The molecule has 2 aromatic heterocycles. The van der Waals surface area contributed by atoms with Crippen molar-refractivity contribution >= 4 is 28.5 Å². The number of carbonyl (C=O) groups excluding carboxylic acids is 2. The molecule has 13 heteroatoms. The first-order valence-electron chi connectivity index (χ1n) is 13.8. The van der Waals surface area contributed by atoms with Crippen LogP contribution >= 0.6 is 0 Å². The third-order valence-electron chi connectivity index (χ3n) is 6.76. The van der Waals surface area contributed by atoms with Gasteiger partial charge in [0.05, 0.1) is 23.6 Å². The van der Waals surface area contributed by atoms with E-state index < -0.39 is 35.6 Å². The minimum Gasteiger partial charge on any atom is -0.356 e. The molecule has 2 amide bonds. The predicted molar refractivity (Wildman–Crippen MR) is 159 cm³/mol. The first kappa shape index (κ1) is 33.6. The molecule has 0 aliphatic rings. The largest absolute Gasteiger partial charge is 0.356 e. The van der Waals surface area contributed by atoms with Crippen molar-refractivity contribution in [3.8, 4) is 0 Å². The number of nitrogens with one attached hydrogen (secondary N) is 2. The molecule has 3 aromatic rings. The number of aryl methyl sites for hydroxylation is 1. The van der Waals surface area contributed by atoms with Crippen molar-refractivity contribution in [2.75, 3.05) is 26.5 Å². The maximum atomic E-state index is 14.8. The fraction of sp³-hybridized carbons (Fsp3) is 0.467. The number of anilines is 1. The number of halogens is 2. The molecule has 234 valence electrons. The highest BCUT2D eigenvalue weighted by Crippen LogP contribution is 2.30. The summed E-state index contributed by atoms with van der Waals surface area (Å²) in [5, 5.41) is 15.1. The van der Waals surface area contributed by atoms with Crippen molar-refractivity contribution in [3.63, 3.8) is 0 Å². The molecule has 0 aliphatic heterocycles. The number of methoxy groups -OCH3 is 1. The number of hydrogen-bond acceptors (Lipinski definition) is 7. The summed E-state index contributed by atoms with van der Waals surface area (Å²) < 4.78 is 37.1. The van der Waals surface area contributed by atoms with Gasteiger partial charge in [-0.3, -0.25) is 19.7 Å². The number of rotatable bonds is 12. The number of amides is 2. The van der Waals surface area contributed by atoms with Crippen LogP contribution in [0.5, 0.6) is 0 Å². The molecular formula is C30H40F2N6O5. The van der Waals surface area contributed by atoms with Crippen LogP contribution in [0.15, 0.2) is 41.3 Å². The minimum atomic E-state index is -1.44. The number of benzene rings is 1. The van der Waals surface area contributed by atoms with E-state index in [2.05, 4.69) is 15.6 Å². The number of fused-ring (bicyclic) bond motifs is 1. The molecular weight excluding hydrogens is 562 g/mol. The van der Waals surface area contributed by atoms with Crippen molar-refractivity contribution in [2.45, 2.75) is 59.0 Å². The Bertz CT molecular complexity index is 1560. The van der Waals surface area contributed by atoms with Crippen LogP contribution in [0, 0.1) is 17.0 Å². The average molecular weight is 603 g/mol. The lowest BCUT2D eigenvalue weighted by Crippen LogP contribution is -2.47. The Morgan fingerprint density at radius 2 is 1.95 bits per heavy atom. The van der Waals surface area contributed by atoms with Gasteiger partial charge in [0.1, 0.15) is 11.5 Å². The number of aromatic nitrogens is 3. The molecule has 3 rings (SSSR count). The summed E-state index contributed by atoms with van der Waals surface area (Å²) in [6.07, 6.45) is 3.85. The molecule has 0 spiro atoms. The highest BCUT2D eigenvalue weighted by atomic mass is 19.2. The van der Waals surface area contributed by atoms with E-state index in [4.69, 9.17) is 4.74 Å². The minimum absolute atomic E-state index is 0.0196. The van der Waals surface area contributed by atoms with Gasteiger partial charge in [-0.1, -0.05) is 26.8 Å². The van der Waals surface area contributed by atoms with Gasteiger partial charge in [0.15, 0.2) is 11.6 Å². The number of aliphatic hydroxyl groups excluding tert-OH is 1. The lowest BCUT2D eigenvalue weighted by molar-refractivity contribution is -0.129. The average Bonchev–Trinajstić information content (AvgIpc) is 3.24. The summed E-state index contributed by atoms with van der Waals surface area (Å²) in [6, 6.07) is 3.15. The number of carbonyl (C=O) groups is 2. The third-order valence-corrected chi connectivity index (χ3v) is 6.76. The van der Waals surface area contributed by atoms with Gasteiger partial charge in [-0.2, -0.15) is 0 Å². The van der Waals surface area contributed by atoms with E-state index in [9.17, 15) is 28.3 Å². The molecule has 0 bridgehead atoms. The molecule has 0 aliphatic carbocycles. The zero-order valence-corrected chi connectivity index (χ0v) is 25.6. The van der Waals surface area contributed by atoms with Gasteiger partial charge in [-0.05, 0) is 42.9 Å². The second-order valence-electron chi connectivity index (χ2n) is 11.7. The zero-order chi connectivity index (χ0) is 32.1. The summed E-state index contributed by atoms with van der Waals surface area (Å²) in [6.45, 7) is 5.74. The van der Waals surface area contributed by atoms with Crippen molar-refractivity contribution in [1.29, 1.82) is 0 Å². The van der Waals surface area contributed by atoms with Gasteiger partial charge in [-0.15, -0.1) is 0 Å². The molecule has 2 heterocycles. The Morgan fingerprint density at radius 3 is 2.58 bits per heavy atom. The van der Waals surface area contributed by atoms with Gasteiger partial charge in [-0.25, -0.2) is 13.8 Å². The number of allylic oxidation sites excluding steroid dienone is 1. The van der Waals surface area contributed by atoms with Gasteiger partial charge in [0.25, 0.3) is 5.56 Å². The van der Waals surface area contributed by atoms with E-state index in [-0.39, 0.29) is 42.0 Å². The molecule has 0 saturated heterocycles. The molecule has 43 heavy (non-hydrogen) atoms. The quantitative estimate of drug-likeness (QED) is 0.215. The number of aliphatic hydroxyl groups is 1. The van der Waals surface area contributed by atoms with Crippen LogP contribution in [-0.2, 0) is 34.3 Å². The Labute approximate surface area is 249 Å². The lowest BCUT2D eigenvalue weighted by atomic mass is 9.87. The Hall–Kier alpha value is -3.94. The smallest absolute Gasteiger partial charge is 0.274 e. The Kier molecular flexibility index (Phi) is 10.9. The van der Waals surface area contributed by atoms with Gasteiger partial charge in [0, 0.05) is 46.1 Å². The molecule has 1 unspecified atom stereocenters. The first-order chi connectivity index (χ1) is 20.1. The molecule has 0 fully saturated rings. The van der Waals surface area contributed by atoms with Crippen LogP contribution in [0.2, 0.25) is 0 Å². The van der Waals surface area contributed by atoms with Crippen LogP contribution in [0.4, 0.5) is 14.5 Å². The van der Waals surface area contributed by atoms with E-state index in [1.807, 2.05) is 20.8 Å². The normalized spacial score (nSPS) is 13.4. The van der Waals surface area contributed by atoms with Gasteiger partial charge in [0.2, 0.25) is 18.2 Å². The molecule has 1 aromatic carbocycles. The topological polar surface area (TPSA) is 131 Å². The van der Waals surface area contributed by atoms with E-state index in [0.717, 1.165) is 6.07 Å². The van der Waals surface area contributed by atoms with Crippen molar-refractivity contribution < 1.29 is 28.2 Å². The van der Waals surface area contributed by atoms with E-state index >= 15 is 0 Å². The van der Waals surface area contributed by atoms with Crippen molar-refractivity contribution in [3.05, 3.63) is 69.9 Å². The second-order valence-corrected chi connectivity index (χ2v) is 11.7. The Balaban J connectivity index is 1.86. The van der Waals surface area contributed by atoms with E-state index in [1.165, 1.54) is 34.9 Å². The van der Waals surface area contributed by atoms with Crippen molar-refractivity contribution in [1.82, 2.24) is 24.3 Å². The number of imidazole rings is 1. The summed E-state index contributed by atoms with van der Waals surface area (Å²) in [5.74, 6) is -2.32. The van der Waals surface area contributed by atoms with E-state index in [0.29, 0.717) is 23.3 Å². The fourth-order valence-corrected chi connectivity index (χ4v) is 4.47. The van der Waals surface area contributed by atoms with Gasteiger partial charge >= 0.3 is 0 Å². The van der Waals surface area contributed by atoms with Crippen LogP contribution < -0.4 is 16.2 Å². The van der Waals surface area contributed by atoms with Crippen LogP contribution in [0.1, 0.15) is 45.0 Å².